The minimum Gasteiger partial charge on any atom is -0.444 e. The molecule has 1 atom stereocenters. The van der Waals surface area contributed by atoms with Crippen LogP contribution in [-0.2, 0) is 25.2 Å². The molecule has 1 amide bonds. The Morgan fingerprint density at radius 2 is 1.50 bits per heavy atom. The quantitative estimate of drug-likeness (QED) is 0.380. The number of hydrogen-bond acceptors (Lipinski definition) is 5. The fraction of sp³-hybridized carbons (Fsp3) is 0.741. The van der Waals surface area contributed by atoms with Gasteiger partial charge in [0, 0.05) is 0 Å². The molecule has 0 unspecified atom stereocenters. The Kier molecular flexibility index (Phi) is 10.6. The third kappa shape index (κ3) is 10.5. The van der Waals surface area contributed by atoms with E-state index < -0.39 is 20.0 Å². The molecule has 0 aromatic heterocycles. The molecule has 0 radical (unpaired) electrons. The molecule has 1 fully saturated rings. The van der Waals surface area contributed by atoms with E-state index in [1.807, 2.05) is 39.0 Å². The van der Waals surface area contributed by atoms with Gasteiger partial charge in [-0.1, -0.05) is 51.1 Å². The first kappa shape index (κ1) is 28.8. The third-order valence-electron chi connectivity index (χ3n) is 6.66. The zero-order valence-corrected chi connectivity index (χ0v) is 23.6. The van der Waals surface area contributed by atoms with Crippen LogP contribution in [0.25, 0.3) is 0 Å². The lowest BCUT2D eigenvalue weighted by Crippen LogP contribution is -2.49. The fourth-order valence-electron chi connectivity index (χ4n) is 3.54. The van der Waals surface area contributed by atoms with Gasteiger partial charge in [-0.3, -0.25) is 0 Å². The molecule has 0 aliphatic heterocycles. The van der Waals surface area contributed by atoms with Crippen molar-refractivity contribution in [3.8, 4) is 0 Å². The van der Waals surface area contributed by atoms with Crippen LogP contribution < -0.4 is 5.32 Å². The Hall–Kier alpha value is -1.41. The summed E-state index contributed by atoms with van der Waals surface area (Å²) < 4.78 is 24.2. The van der Waals surface area contributed by atoms with E-state index in [1.165, 1.54) is 5.56 Å². The maximum atomic E-state index is 12.4. The Morgan fingerprint density at radius 3 is 2.03 bits per heavy atom. The topological polar surface area (TPSA) is 66.0 Å². The molecule has 1 aliphatic rings. The highest BCUT2D eigenvalue weighted by atomic mass is 28.4. The number of benzene rings is 1. The van der Waals surface area contributed by atoms with Crippen molar-refractivity contribution in [3.05, 3.63) is 35.9 Å². The summed E-state index contributed by atoms with van der Waals surface area (Å²) in [6, 6.07) is 10.0. The maximum Gasteiger partial charge on any atom is 0.408 e. The van der Waals surface area contributed by atoms with Gasteiger partial charge in [0.2, 0.25) is 0 Å². The second kappa shape index (κ2) is 12.5. The van der Waals surface area contributed by atoms with Crippen LogP contribution in [0.15, 0.2) is 30.3 Å². The molecule has 194 valence electrons. The van der Waals surface area contributed by atoms with Gasteiger partial charge in [-0.05, 0) is 70.2 Å². The van der Waals surface area contributed by atoms with Crippen LogP contribution in [0.4, 0.5) is 4.79 Å². The average molecular weight is 494 g/mol. The fourth-order valence-corrected chi connectivity index (χ4v) is 4.59. The van der Waals surface area contributed by atoms with Gasteiger partial charge in [-0.15, -0.1) is 0 Å². The van der Waals surface area contributed by atoms with Crippen LogP contribution in [0.2, 0.25) is 18.1 Å². The van der Waals surface area contributed by atoms with Crippen molar-refractivity contribution in [1.82, 2.24) is 5.32 Å². The summed E-state index contributed by atoms with van der Waals surface area (Å²) >= 11 is 0. The normalized spacial score (nSPS) is 20.6. The summed E-state index contributed by atoms with van der Waals surface area (Å²) in [5.74, 6) is 0. The van der Waals surface area contributed by atoms with Crippen LogP contribution in [0.1, 0.15) is 72.8 Å². The van der Waals surface area contributed by atoms with Gasteiger partial charge in [0.1, 0.15) is 5.60 Å². The van der Waals surface area contributed by atoms with Gasteiger partial charge in [0.25, 0.3) is 0 Å². The highest BCUT2D eigenvalue weighted by molar-refractivity contribution is 6.74. The summed E-state index contributed by atoms with van der Waals surface area (Å²) in [7, 11) is -1.94. The average Bonchev–Trinajstić information content (AvgIpc) is 2.73. The van der Waals surface area contributed by atoms with Crippen LogP contribution in [0.5, 0.6) is 0 Å². The summed E-state index contributed by atoms with van der Waals surface area (Å²) in [4.78, 5) is 12.4. The molecule has 2 rings (SSSR count). The van der Waals surface area contributed by atoms with Crippen LogP contribution >= 0.6 is 0 Å². The zero-order valence-electron chi connectivity index (χ0n) is 22.6. The van der Waals surface area contributed by atoms with E-state index in [1.54, 1.807) is 0 Å². The number of carbonyl (C=O) groups is 1. The lowest BCUT2D eigenvalue weighted by atomic mass is 9.95. The Bertz CT molecular complexity index is 734. The SMILES string of the molecule is CC(C)(C)OC(=O)N[C@H](COC1CCC(OCc2ccccc2)CC1)CO[Si](C)(C)C(C)(C)C. The smallest absolute Gasteiger partial charge is 0.408 e. The van der Waals surface area contributed by atoms with Crippen molar-refractivity contribution in [1.29, 1.82) is 0 Å². The number of carbonyl (C=O) groups excluding carboxylic acids is 1. The van der Waals surface area contributed by atoms with Crippen LogP contribution in [-0.4, -0.2) is 51.5 Å². The molecule has 0 heterocycles. The Morgan fingerprint density at radius 1 is 0.941 bits per heavy atom. The molecular formula is C27H47NO5Si. The Labute approximate surface area is 208 Å². The van der Waals surface area contributed by atoms with Crippen molar-refractivity contribution in [2.45, 2.75) is 116 Å². The monoisotopic (exact) mass is 493 g/mol. The van der Waals surface area contributed by atoms with Gasteiger partial charge < -0.3 is 24.0 Å². The molecule has 0 spiro atoms. The van der Waals surface area contributed by atoms with Gasteiger partial charge in [0.05, 0.1) is 38.1 Å². The van der Waals surface area contributed by atoms with E-state index in [0.717, 1.165) is 25.7 Å². The van der Waals surface area contributed by atoms with E-state index >= 15 is 0 Å². The van der Waals surface area contributed by atoms with E-state index in [2.05, 4.69) is 51.3 Å². The lowest BCUT2D eigenvalue weighted by Gasteiger charge is -2.37. The molecule has 34 heavy (non-hydrogen) atoms. The number of alkyl carbamates (subject to hydrolysis) is 1. The standard InChI is InChI=1S/C27H47NO5Si/c1-26(2,3)33-25(29)28-22(20-32-34(7,8)27(4,5)6)19-31-24-16-14-23(15-17-24)30-18-21-12-10-9-11-13-21/h9-13,22-24H,14-20H2,1-8H3,(H,28,29)/t22-,23?,24?/m1/s1. The number of rotatable bonds is 10. The predicted molar refractivity (Wildman–Crippen MR) is 140 cm³/mol. The molecular weight excluding hydrogens is 446 g/mol. The first-order chi connectivity index (χ1) is 15.7. The van der Waals surface area contributed by atoms with Gasteiger partial charge in [-0.25, -0.2) is 4.79 Å². The van der Waals surface area contributed by atoms with E-state index in [-0.39, 0.29) is 23.3 Å². The van der Waals surface area contributed by atoms with Gasteiger partial charge in [-0.2, -0.15) is 0 Å². The Balaban J connectivity index is 1.83. The second-order valence-corrected chi connectivity index (χ2v) is 16.8. The molecule has 0 saturated heterocycles. The molecule has 1 aliphatic carbocycles. The molecule has 0 bridgehead atoms. The maximum absolute atomic E-state index is 12.4. The third-order valence-corrected chi connectivity index (χ3v) is 11.2. The predicted octanol–water partition coefficient (Wildman–Crippen LogP) is 6.45. The number of hydrogen-bond donors (Lipinski definition) is 1. The molecule has 1 saturated carbocycles. The van der Waals surface area contributed by atoms with Crippen LogP contribution in [0.3, 0.4) is 0 Å². The minimum absolute atomic E-state index is 0.0997. The highest BCUT2D eigenvalue weighted by Crippen LogP contribution is 2.36. The van der Waals surface area contributed by atoms with Crippen molar-refractivity contribution in [2.24, 2.45) is 0 Å². The van der Waals surface area contributed by atoms with Crippen molar-refractivity contribution >= 4 is 14.4 Å². The van der Waals surface area contributed by atoms with Gasteiger partial charge >= 0.3 is 6.09 Å². The summed E-state index contributed by atoms with van der Waals surface area (Å²) in [6.45, 7) is 18.2. The first-order valence-electron chi connectivity index (χ1n) is 12.7. The van der Waals surface area contributed by atoms with E-state index in [4.69, 9.17) is 18.6 Å². The summed E-state index contributed by atoms with van der Waals surface area (Å²) in [5, 5.41) is 3.07. The number of ether oxygens (including phenoxy) is 3. The van der Waals surface area contributed by atoms with Gasteiger partial charge in [0.15, 0.2) is 8.32 Å². The van der Waals surface area contributed by atoms with Crippen molar-refractivity contribution in [2.75, 3.05) is 13.2 Å². The summed E-state index contributed by atoms with van der Waals surface area (Å²) in [5.41, 5.74) is 0.659. The molecule has 7 heteroatoms. The van der Waals surface area contributed by atoms with Crippen LogP contribution in [0, 0.1) is 0 Å². The molecule has 1 aromatic carbocycles. The molecule has 1 N–H and O–H groups in total. The lowest BCUT2D eigenvalue weighted by molar-refractivity contribution is -0.0441. The van der Waals surface area contributed by atoms with E-state index in [9.17, 15) is 4.79 Å². The largest absolute Gasteiger partial charge is 0.444 e. The highest BCUT2D eigenvalue weighted by Gasteiger charge is 2.38. The summed E-state index contributed by atoms with van der Waals surface area (Å²) in [6.07, 6.45) is 3.91. The number of amides is 1. The van der Waals surface area contributed by atoms with E-state index in [0.29, 0.717) is 19.8 Å². The molecule has 1 aromatic rings. The van der Waals surface area contributed by atoms with Crippen molar-refractivity contribution in [3.63, 3.8) is 0 Å². The minimum atomic E-state index is -1.94. The molecule has 6 nitrogen and oxygen atoms in total. The van der Waals surface area contributed by atoms with Crippen molar-refractivity contribution < 1.29 is 23.4 Å². The zero-order chi connectivity index (χ0) is 25.4. The first-order valence-corrected chi connectivity index (χ1v) is 15.6. The number of nitrogens with one attached hydrogen (secondary N) is 1. The second-order valence-electron chi connectivity index (χ2n) is 11.9.